The second-order valence-corrected chi connectivity index (χ2v) is 6.13. The van der Waals surface area contributed by atoms with E-state index in [0.717, 1.165) is 0 Å². The molecule has 1 heterocycles. The Bertz CT molecular complexity index is 365. The van der Waals surface area contributed by atoms with Crippen LogP contribution in [0.15, 0.2) is 0 Å². The quantitative estimate of drug-likeness (QED) is 0.815. The lowest BCUT2D eigenvalue weighted by Gasteiger charge is -2.34. The Morgan fingerprint density at radius 2 is 1.58 bits per heavy atom. The summed E-state index contributed by atoms with van der Waals surface area (Å²) >= 11 is 0. The molecule has 2 unspecified atom stereocenters. The number of amides is 1. The molecule has 1 saturated heterocycles. The molecular formula is C14H22N2O3. The lowest BCUT2D eigenvalue weighted by molar-refractivity contribution is -0.139. The van der Waals surface area contributed by atoms with Gasteiger partial charge in [0.2, 0.25) is 5.91 Å². The Morgan fingerprint density at radius 3 is 2.11 bits per heavy atom. The first-order chi connectivity index (χ1) is 9.16. The number of carboxylic acid groups (broad SMARTS) is 1. The molecule has 5 heteroatoms. The summed E-state index contributed by atoms with van der Waals surface area (Å²) in [4.78, 5) is 27.0. The molecule has 0 radical (unpaired) electrons. The van der Waals surface area contributed by atoms with Crippen LogP contribution in [0.3, 0.4) is 0 Å². The monoisotopic (exact) mass is 266 g/mol. The zero-order chi connectivity index (χ0) is 13.4. The molecule has 1 aliphatic heterocycles. The van der Waals surface area contributed by atoms with Crippen molar-refractivity contribution in [2.75, 3.05) is 32.7 Å². The number of hydrogen-bond acceptors (Lipinski definition) is 3. The van der Waals surface area contributed by atoms with Crippen LogP contribution in [0.25, 0.3) is 0 Å². The van der Waals surface area contributed by atoms with Gasteiger partial charge >= 0.3 is 5.97 Å². The van der Waals surface area contributed by atoms with E-state index in [4.69, 9.17) is 5.11 Å². The van der Waals surface area contributed by atoms with Gasteiger partial charge in [0.05, 0.1) is 6.54 Å². The van der Waals surface area contributed by atoms with E-state index < -0.39 is 5.97 Å². The van der Waals surface area contributed by atoms with E-state index in [2.05, 4.69) is 0 Å². The summed E-state index contributed by atoms with van der Waals surface area (Å²) < 4.78 is 0. The highest BCUT2D eigenvalue weighted by Gasteiger charge is 2.55. The van der Waals surface area contributed by atoms with Crippen molar-refractivity contribution in [3.63, 3.8) is 0 Å². The molecule has 1 amide bonds. The smallest absolute Gasteiger partial charge is 0.317 e. The summed E-state index contributed by atoms with van der Waals surface area (Å²) in [5, 5.41) is 8.76. The standard InChI is InChI=1S/C14H22N2O3/c17-12(18)9-15-5-7-16(8-6-15)14(19)13-10-3-1-2-4-11(10)13/h10-11,13H,1-9H2,(H,17,18). The van der Waals surface area contributed by atoms with Crippen molar-refractivity contribution in [3.05, 3.63) is 0 Å². The third-order valence-corrected chi connectivity index (χ3v) is 4.98. The summed E-state index contributed by atoms with van der Waals surface area (Å²) in [6.45, 7) is 2.88. The molecule has 2 saturated carbocycles. The SMILES string of the molecule is O=C(O)CN1CCN(C(=O)C2C3CCCCC32)CC1. The predicted octanol–water partition coefficient (Wildman–Crippen LogP) is 0.651. The molecule has 0 aromatic heterocycles. The number of aliphatic carboxylic acids is 1. The summed E-state index contributed by atoms with van der Waals surface area (Å²) in [6.07, 6.45) is 5.05. The van der Waals surface area contributed by atoms with Crippen LogP contribution in [0.2, 0.25) is 0 Å². The highest BCUT2D eigenvalue weighted by atomic mass is 16.4. The molecule has 106 valence electrons. The Hall–Kier alpha value is -1.10. The van der Waals surface area contributed by atoms with Gasteiger partial charge in [-0.2, -0.15) is 0 Å². The number of hydrogen-bond donors (Lipinski definition) is 1. The van der Waals surface area contributed by atoms with Gasteiger partial charge < -0.3 is 10.0 Å². The van der Waals surface area contributed by atoms with Gasteiger partial charge in [-0.25, -0.2) is 0 Å². The van der Waals surface area contributed by atoms with Crippen LogP contribution >= 0.6 is 0 Å². The van der Waals surface area contributed by atoms with Crippen LogP contribution in [0.1, 0.15) is 25.7 Å². The second kappa shape index (κ2) is 5.12. The Balaban J connectivity index is 1.49. The molecule has 0 aromatic carbocycles. The van der Waals surface area contributed by atoms with E-state index in [-0.39, 0.29) is 6.54 Å². The highest BCUT2D eigenvalue weighted by Crippen LogP contribution is 2.56. The van der Waals surface area contributed by atoms with Crippen LogP contribution in [-0.4, -0.2) is 59.5 Å². The molecule has 3 fully saturated rings. The molecule has 0 spiro atoms. The molecule has 2 aliphatic carbocycles. The number of nitrogens with zero attached hydrogens (tertiary/aromatic N) is 2. The lowest BCUT2D eigenvalue weighted by Crippen LogP contribution is -2.50. The predicted molar refractivity (Wildman–Crippen MR) is 69.6 cm³/mol. The second-order valence-electron chi connectivity index (χ2n) is 6.13. The number of carbonyl (C=O) groups excluding carboxylic acids is 1. The molecule has 1 N–H and O–H groups in total. The van der Waals surface area contributed by atoms with Gasteiger partial charge in [0.25, 0.3) is 0 Å². The summed E-state index contributed by atoms with van der Waals surface area (Å²) in [5.41, 5.74) is 0. The van der Waals surface area contributed by atoms with Gasteiger partial charge in [-0.15, -0.1) is 0 Å². The normalized spacial score (nSPS) is 34.7. The van der Waals surface area contributed by atoms with Crippen molar-refractivity contribution in [1.82, 2.24) is 9.80 Å². The van der Waals surface area contributed by atoms with E-state index >= 15 is 0 Å². The Kier molecular flexibility index (Phi) is 3.48. The average molecular weight is 266 g/mol. The van der Waals surface area contributed by atoms with Gasteiger partial charge in [-0.3, -0.25) is 14.5 Å². The van der Waals surface area contributed by atoms with Crippen LogP contribution in [0.5, 0.6) is 0 Å². The lowest BCUT2D eigenvalue weighted by atomic mass is 10.0. The van der Waals surface area contributed by atoms with Crippen molar-refractivity contribution in [3.8, 4) is 0 Å². The number of carbonyl (C=O) groups is 2. The Labute approximate surface area is 113 Å². The van der Waals surface area contributed by atoms with Crippen LogP contribution in [0, 0.1) is 17.8 Å². The number of fused-ring (bicyclic) bond motifs is 1. The largest absolute Gasteiger partial charge is 0.480 e. The molecular weight excluding hydrogens is 244 g/mol. The summed E-state index contributed by atoms with van der Waals surface area (Å²) in [5.74, 6) is 1.19. The summed E-state index contributed by atoms with van der Waals surface area (Å²) in [7, 11) is 0. The first-order valence-corrected chi connectivity index (χ1v) is 7.40. The molecule has 5 nitrogen and oxygen atoms in total. The molecule has 3 aliphatic rings. The molecule has 3 rings (SSSR count). The van der Waals surface area contributed by atoms with Crippen LogP contribution in [0.4, 0.5) is 0 Å². The topological polar surface area (TPSA) is 60.9 Å². The maximum Gasteiger partial charge on any atom is 0.317 e. The maximum absolute atomic E-state index is 12.4. The third-order valence-electron chi connectivity index (χ3n) is 4.98. The van der Waals surface area contributed by atoms with Gasteiger partial charge in [0, 0.05) is 32.1 Å². The average Bonchev–Trinajstić information content (AvgIpc) is 3.12. The molecule has 0 aromatic rings. The van der Waals surface area contributed by atoms with Gasteiger partial charge in [-0.1, -0.05) is 12.8 Å². The first kappa shape index (κ1) is 12.9. The molecule has 0 bridgehead atoms. The fourth-order valence-corrected chi connectivity index (χ4v) is 3.89. The minimum Gasteiger partial charge on any atom is -0.480 e. The third kappa shape index (κ3) is 2.61. The number of carboxylic acids is 1. The van der Waals surface area contributed by atoms with Crippen molar-refractivity contribution in [2.45, 2.75) is 25.7 Å². The van der Waals surface area contributed by atoms with Crippen molar-refractivity contribution in [2.24, 2.45) is 17.8 Å². The van der Waals surface area contributed by atoms with Crippen molar-refractivity contribution < 1.29 is 14.7 Å². The fraction of sp³-hybridized carbons (Fsp3) is 0.857. The number of rotatable bonds is 3. The zero-order valence-electron chi connectivity index (χ0n) is 11.3. The van der Waals surface area contributed by atoms with Gasteiger partial charge in [0.1, 0.15) is 0 Å². The highest BCUT2D eigenvalue weighted by molar-refractivity contribution is 5.82. The van der Waals surface area contributed by atoms with E-state index in [1.54, 1.807) is 0 Å². The maximum atomic E-state index is 12.4. The van der Waals surface area contributed by atoms with Crippen molar-refractivity contribution >= 4 is 11.9 Å². The van der Waals surface area contributed by atoms with E-state index in [9.17, 15) is 9.59 Å². The first-order valence-electron chi connectivity index (χ1n) is 7.40. The van der Waals surface area contributed by atoms with Crippen LogP contribution < -0.4 is 0 Å². The number of piperazine rings is 1. The van der Waals surface area contributed by atoms with Crippen LogP contribution in [-0.2, 0) is 9.59 Å². The van der Waals surface area contributed by atoms with E-state index in [1.807, 2.05) is 9.80 Å². The van der Waals surface area contributed by atoms with Gasteiger partial charge in [-0.05, 0) is 24.7 Å². The zero-order valence-corrected chi connectivity index (χ0v) is 11.3. The molecule has 2 atom stereocenters. The summed E-state index contributed by atoms with van der Waals surface area (Å²) in [6, 6.07) is 0. The van der Waals surface area contributed by atoms with Gasteiger partial charge in [0.15, 0.2) is 0 Å². The molecule has 19 heavy (non-hydrogen) atoms. The Morgan fingerprint density at radius 1 is 1.00 bits per heavy atom. The minimum absolute atomic E-state index is 0.0940. The van der Waals surface area contributed by atoms with Crippen molar-refractivity contribution in [1.29, 1.82) is 0 Å². The van der Waals surface area contributed by atoms with E-state index in [1.165, 1.54) is 25.7 Å². The van der Waals surface area contributed by atoms with E-state index in [0.29, 0.717) is 49.8 Å². The minimum atomic E-state index is -0.784. The fourth-order valence-electron chi connectivity index (χ4n) is 3.89.